The molecule has 0 saturated carbocycles. The van der Waals surface area contributed by atoms with Crippen molar-refractivity contribution in [1.29, 1.82) is 0 Å². The number of aromatic nitrogens is 4. The Bertz CT molecular complexity index is 915. The van der Waals surface area contributed by atoms with Crippen LogP contribution < -0.4 is 5.32 Å². The Morgan fingerprint density at radius 3 is 2.77 bits per heavy atom. The topological polar surface area (TPSA) is 75.6 Å². The molecule has 0 fully saturated rings. The molecule has 3 aromatic rings. The summed E-state index contributed by atoms with van der Waals surface area (Å²) in [6.45, 7) is 3.08. The average molecular weight is 367 g/mol. The van der Waals surface area contributed by atoms with E-state index in [4.69, 9.17) is 12.2 Å². The largest absolute Gasteiger partial charge is 0.356 e. The number of nitrogens with zero attached hydrogens (tertiary/aromatic N) is 3. The van der Waals surface area contributed by atoms with Gasteiger partial charge < -0.3 is 5.32 Å². The van der Waals surface area contributed by atoms with E-state index in [2.05, 4.69) is 20.5 Å². The number of aryl methyl sites for hydroxylation is 1. The van der Waals surface area contributed by atoms with E-state index in [-0.39, 0.29) is 5.91 Å². The molecule has 26 heavy (non-hydrogen) atoms. The molecule has 0 unspecified atom stereocenters. The number of rotatable bonds is 7. The summed E-state index contributed by atoms with van der Waals surface area (Å²) in [6, 6.07) is 13.8. The van der Waals surface area contributed by atoms with Crippen molar-refractivity contribution >= 4 is 18.1 Å². The second-order valence-corrected chi connectivity index (χ2v) is 6.43. The number of H-pyrrole nitrogens is 1. The van der Waals surface area contributed by atoms with Crippen molar-refractivity contribution in [3.8, 4) is 11.4 Å². The lowest BCUT2D eigenvalue weighted by Crippen LogP contribution is -2.26. The first-order valence-electron chi connectivity index (χ1n) is 8.52. The van der Waals surface area contributed by atoms with Gasteiger partial charge in [0.1, 0.15) is 0 Å². The number of nitrogens with one attached hydrogen (secondary N) is 2. The van der Waals surface area contributed by atoms with Gasteiger partial charge in [-0.05, 0) is 31.3 Å². The molecule has 1 aromatic carbocycles. The zero-order valence-electron chi connectivity index (χ0n) is 14.6. The van der Waals surface area contributed by atoms with Crippen molar-refractivity contribution < 1.29 is 4.79 Å². The van der Waals surface area contributed by atoms with Crippen LogP contribution in [-0.2, 0) is 17.8 Å². The molecule has 7 heteroatoms. The lowest BCUT2D eigenvalue weighted by atomic mass is 10.1. The minimum Gasteiger partial charge on any atom is -0.356 e. The summed E-state index contributed by atoms with van der Waals surface area (Å²) >= 11 is 5.31. The lowest BCUT2D eigenvalue weighted by Gasteiger charge is -2.08. The van der Waals surface area contributed by atoms with Crippen LogP contribution in [0, 0.1) is 11.7 Å². The van der Waals surface area contributed by atoms with Gasteiger partial charge in [0.05, 0.1) is 0 Å². The normalized spacial score (nSPS) is 10.7. The fraction of sp³-hybridized carbons (Fsp3) is 0.263. The van der Waals surface area contributed by atoms with Gasteiger partial charge in [0.25, 0.3) is 0 Å². The molecule has 2 N–H and O–H groups in total. The molecule has 0 radical (unpaired) electrons. The van der Waals surface area contributed by atoms with Crippen molar-refractivity contribution in [2.75, 3.05) is 6.54 Å². The van der Waals surface area contributed by atoms with E-state index in [9.17, 15) is 4.79 Å². The quantitative estimate of drug-likeness (QED) is 0.629. The lowest BCUT2D eigenvalue weighted by molar-refractivity contribution is -0.121. The Kier molecular flexibility index (Phi) is 5.91. The van der Waals surface area contributed by atoms with Crippen LogP contribution in [0.4, 0.5) is 0 Å². The van der Waals surface area contributed by atoms with E-state index < -0.39 is 0 Å². The Morgan fingerprint density at radius 1 is 1.23 bits per heavy atom. The maximum atomic E-state index is 12.1. The number of pyridine rings is 1. The first-order valence-corrected chi connectivity index (χ1v) is 8.93. The number of hydrogen-bond acceptors (Lipinski definition) is 4. The SMILES string of the molecule is Cc1ccc(-c2n[nH]c(=S)n2CCC(=O)NCCc2ccccn2)cc1. The maximum Gasteiger partial charge on any atom is 0.221 e. The van der Waals surface area contributed by atoms with Gasteiger partial charge in [-0.25, -0.2) is 0 Å². The van der Waals surface area contributed by atoms with E-state index >= 15 is 0 Å². The van der Waals surface area contributed by atoms with Gasteiger partial charge in [0, 0.05) is 43.4 Å². The van der Waals surface area contributed by atoms with Crippen LogP contribution >= 0.6 is 12.2 Å². The van der Waals surface area contributed by atoms with Crippen LogP contribution in [0.2, 0.25) is 0 Å². The zero-order valence-corrected chi connectivity index (χ0v) is 15.4. The zero-order chi connectivity index (χ0) is 18.4. The molecule has 0 spiro atoms. The summed E-state index contributed by atoms with van der Waals surface area (Å²) < 4.78 is 2.38. The molecule has 2 heterocycles. The fourth-order valence-electron chi connectivity index (χ4n) is 2.63. The highest BCUT2D eigenvalue weighted by molar-refractivity contribution is 7.71. The first-order chi connectivity index (χ1) is 12.6. The molecule has 0 saturated heterocycles. The third-order valence-electron chi connectivity index (χ3n) is 4.06. The van der Waals surface area contributed by atoms with E-state index in [1.165, 1.54) is 5.56 Å². The molecule has 0 bridgehead atoms. The minimum atomic E-state index is -0.0149. The standard InChI is InChI=1S/C19H21N5OS/c1-14-5-7-15(8-6-14)18-22-23-19(26)24(18)13-10-17(25)21-12-9-16-4-2-3-11-20-16/h2-8,11H,9-10,12-13H2,1H3,(H,21,25)(H,23,26). The molecule has 0 aliphatic rings. The Morgan fingerprint density at radius 2 is 2.04 bits per heavy atom. The van der Waals surface area contributed by atoms with Gasteiger partial charge in [-0.2, -0.15) is 5.10 Å². The van der Waals surface area contributed by atoms with E-state index in [0.717, 1.165) is 17.1 Å². The Labute approximate surface area is 157 Å². The van der Waals surface area contributed by atoms with Crippen LogP contribution in [0.5, 0.6) is 0 Å². The molecule has 6 nitrogen and oxygen atoms in total. The summed E-state index contributed by atoms with van der Waals surface area (Å²) in [7, 11) is 0. The van der Waals surface area contributed by atoms with E-state index in [0.29, 0.717) is 30.7 Å². The molecule has 0 aliphatic heterocycles. The van der Waals surface area contributed by atoms with Crippen molar-refractivity contribution in [2.45, 2.75) is 26.3 Å². The smallest absolute Gasteiger partial charge is 0.221 e. The molecule has 1 amide bonds. The van der Waals surface area contributed by atoms with Crippen LogP contribution in [-0.4, -0.2) is 32.2 Å². The van der Waals surface area contributed by atoms with Crippen molar-refractivity contribution in [1.82, 2.24) is 25.1 Å². The third-order valence-corrected chi connectivity index (χ3v) is 4.37. The highest BCUT2D eigenvalue weighted by Crippen LogP contribution is 2.18. The Balaban J connectivity index is 1.56. The predicted octanol–water partition coefficient (Wildman–Crippen LogP) is 3.06. The van der Waals surface area contributed by atoms with Gasteiger partial charge >= 0.3 is 0 Å². The number of carbonyl (C=O) groups excluding carboxylic acids is 1. The number of hydrogen-bond donors (Lipinski definition) is 2. The maximum absolute atomic E-state index is 12.1. The highest BCUT2D eigenvalue weighted by Gasteiger charge is 2.10. The monoisotopic (exact) mass is 367 g/mol. The third kappa shape index (κ3) is 4.64. The van der Waals surface area contributed by atoms with Crippen LogP contribution in [0.15, 0.2) is 48.7 Å². The molecular weight excluding hydrogens is 346 g/mol. The van der Waals surface area contributed by atoms with Crippen LogP contribution in [0.1, 0.15) is 17.7 Å². The number of carbonyl (C=O) groups is 1. The van der Waals surface area contributed by atoms with Gasteiger partial charge in [0.2, 0.25) is 5.91 Å². The number of benzene rings is 1. The van der Waals surface area contributed by atoms with Gasteiger partial charge in [-0.3, -0.25) is 19.4 Å². The predicted molar refractivity (Wildman–Crippen MR) is 103 cm³/mol. The summed E-state index contributed by atoms with van der Waals surface area (Å²) in [6.07, 6.45) is 2.81. The summed E-state index contributed by atoms with van der Waals surface area (Å²) in [5.41, 5.74) is 3.12. The van der Waals surface area contributed by atoms with Gasteiger partial charge in [-0.15, -0.1) is 0 Å². The van der Waals surface area contributed by atoms with Crippen molar-refractivity contribution in [2.24, 2.45) is 0 Å². The van der Waals surface area contributed by atoms with Crippen molar-refractivity contribution in [3.05, 3.63) is 64.7 Å². The fourth-order valence-corrected chi connectivity index (χ4v) is 2.85. The van der Waals surface area contributed by atoms with Gasteiger partial charge in [0.15, 0.2) is 10.6 Å². The van der Waals surface area contributed by atoms with Crippen LogP contribution in [0.25, 0.3) is 11.4 Å². The highest BCUT2D eigenvalue weighted by atomic mass is 32.1. The summed E-state index contributed by atoms with van der Waals surface area (Å²) in [5, 5.41) is 10.0. The van der Waals surface area contributed by atoms with Crippen LogP contribution in [0.3, 0.4) is 0 Å². The van der Waals surface area contributed by atoms with Gasteiger partial charge in [-0.1, -0.05) is 35.9 Å². The molecule has 3 rings (SSSR count). The molecule has 0 aliphatic carbocycles. The molecule has 134 valence electrons. The number of aromatic amines is 1. The first kappa shape index (κ1) is 18.0. The second-order valence-electron chi connectivity index (χ2n) is 6.04. The summed E-state index contributed by atoms with van der Waals surface area (Å²) in [5.74, 6) is 0.732. The number of amides is 1. The summed E-state index contributed by atoms with van der Waals surface area (Å²) in [4.78, 5) is 16.4. The minimum absolute atomic E-state index is 0.0149. The molecule has 2 aromatic heterocycles. The van der Waals surface area contributed by atoms with Crippen molar-refractivity contribution in [3.63, 3.8) is 0 Å². The Hall–Kier alpha value is -2.80. The molecular formula is C19H21N5OS. The molecule has 0 atom stereocenters. The second kappa shape index (κ2) is 8.53. The van der Waals surface area contributed by atoms with E-state index in [1.54, 1.807) is 6.20 Å². The average Bonchev–Trinajstić information content (AvgIpc) is 3.02. The van der Waals surface area contributed by atoms with E-state index in [1.807, 2.05) is 54.0 Å².